The fraction of sp³-hybridized carbons (Fsp3) is 0.130. The monoisotopic (exact) mass is 456 g/mol. The Morgan fingerprint density at radius 2 is 1.61 bits per heavy atom. The van der Waals surface area contributed by atoms with Gasteiger partial charge in [0.05, 0.1) is 17.1 Å². The average Bonchev–Trinajstić information content (AvgIpc) is 2.75. The normalized spacial score (nSPS) is 11.4. The van der Waals surface area contributed by atoms with E-state index in [-0.39, 0.29) is 21.9 Å². The van der Waals surface area contributed by atoms with E-state index in [1.807, 2.05) is 6.92 Å². The molecule has 0 saturated heterocycles. The molecule has 0 aliphatic carbocycles. The van der Waals surface area contributed by atoms with Gasteiger partial charge in [0.1, 0.15) is 0 Å². The first-order chi connectivity index (χ1) is 14.7. The molecule has 0 radical (unpaired) electrons. The van der Waals surface area contributed by atoms with E-state index >= 15 is 0 Å². The molecule has 0 fully saturated rings. The molecule has 0 unspecified atom stereocenters. The Kier molecular flexibility index (Phi) is 6.90. The van der Waals surface area contributed by atoms with Gasteiger partial charge in [0.2, 0.25) is 15.9 Å². The maximum absolute atomic E-state index is 12.9. The summed E-state index contributed by atoms with van der Waals surface area (Å²) in [6.45, 7) is 1.44. The SMILES string of the molecule is Cc1ccc(S(=O)(=O)N(C)CC(=O)Nc2ccc(Cl)cc2C(=O)c2ccccc2)cc1. The van der Waals surface area contributed by atoms with E-state index < -0.39 is 22.5 Å². The Morgan fingerprint density at radius 1 is 0.968 bits per heavy atom. The minimum atomic E-state index is -3.83. The number of amides is 1. The van der Waals surface area contributed by atoms with E-state index in [0.29, 0.717) is 10.6 Å². The summed E-state index contributed by atoms with van der Waals surface area (Å²) >= 11 is 6.06. The van der Waals surface area contributed by atoms with Crippen molar-refractivity contribution in [3.05, 3.63) is 94.5 Å². The first-order valence-electron chi connectivity index (χ1n) is 9.40. The van der Waals surface area contributed by atoms with Gasteiger partial charge < -0.3 is 5.32 Å². The number of benzene rings is 3. The van der Waals surface area contributed by atoms with Crippen molar-refractivity contribution in [3.8, 4) is 0 Å². The lowest BCUT2D eigenvalue weighted by Crippen LogP contribution is -2.35. The van der Waals surface area contributed by atoms with Crippen LogP contribution in [0.1, 0.15) is 21.5 Å². The second kappa shape index (κ2) is 9.43. The molecule has 0 heterocycles. The highest BCUT2D eigenvalue weighted by Gasteiger charge is 2.24. The van der Waals surface area contributed by atoms with Crippen molar-refractivity contribution in [1.82, 2.24) is 4.31 Å². The molecule has 0 aliphatic rings. The fourth-order valence-electron chi connectivity index (χ4n) is 2.93. The molecule has 0 atom stereocenters. The van der Waals surface area contributed by atoms with Crippen LogP contribution in [0.15, 0.2) is 77.7 Å². The second-order valence-corrected chi connectivity index (χ2v) is 9.49. The van der Waals surface area contributed by atoms with Crippen LogP contribution in [0.4, 0.5) is 5.69 Å². The lowest BCUT2D eigenvalue weighted by molar-refractivity contribution is -0.116. The number of halogens is 1. The van der Waals surface area contributed by atoms with E-state index in [0.717, 1.165) is 9.87 Å². The number of carbonyl (C=O) groups is 2. The van der Waals surface area contributed by atoms with Crippen molar-refractivity contribution in [2.24, 2.45) is 0 Å². The third kappa shape index (κ3) is 5.38. The minimum Gasteiger partial charge on any atom is -0.324 e. The molecular weight excluding hydrogens is 436 g/mol. The predicted molar refractivity (Wildman–Crippen MR) is 121 cm³/mol. The van der Waals surface area contributed by atoms with Crippen LogP contribution in [0.25, 0.3) is 0 Å². The summed E-state index contributed by atoms with van der Waals surface area (Å²) in [6, 6.07) is 19.5. The minimum absolute atomic E-state index is 0.0971. The third-order valence-electron chi connectivity index (χ3n) is 4.63. The van der Waals surface area contributed by atoms with E-state index in [9.17, 15) is 18.0 Å². The molecular formula is C23H21ClN2O4S. The van der Waals surface area contributed by atoms with Crippen LogP contribution < -0.4 is 5.32 Å². The van der Waals surface area contributed by atoms with Crippen molar-refractivity contribution < 1.29 is 18.0 Å². The predicted octanol–water partition coefficient (Wildman–Crippen LogP) is 4.14. The van der Waals surface area contributed by atoms with Gasteiger partial charge in [-0.1, -0.05) is 59.6 Å². The van der Waals surface area contributed by atoms with Crippen LogP contribution >= 0.6 is 11.6 Å². The Balaban J connectivity index is 1.79. The highest BCUT2D eigenvalue weighted by Crippen LogP contribution is 2.24. The van der Waals surface area contributed by atoms with Gasteiger partial charge >= 0.3 is 0 Å². The smallest absolute Gasteiger partial charge is 0.243 e. The Morgan fingerprint density at radius 3 is 2.26 bits per heavy atom. The van der Waals surface area contributed by atoms with Gasteiger partial charge in [-0.25, -0.2) is 8.42 Å². The number of likely N-dealkylation sites (N-methyl/N-ethyl adjacent to an activating group) is 1. The number of hydrogen-bond donors (Lipinski definition) is 1. The van der Waals surface area contributed by atoms with Crippen LogP contribution in [-0.2, 0) is 14.8 Å². The van der Waals surface area contributed by atoms with Gasteiger partial charge in [-0.3, -0.25) is 9.59 Å². The van der Waals surface area contributed by atoms with Crippen molar-refractivity contribution in [2.75, 3.05) is 18.9 Å². The molecule has 3 aromatic rings. The summed E-state index contributed by atoms with van der Waals surface area (Å²) in [5.41, 5.74) is 1.84. The highest BCUT2D eigenvalue weighted by atomic mass is 35.5. The summed E-state index contributed by atoms with van der Waals surface area (Å²) < 4.78 is 26.4. The number of rotatable bonds is 7. The van der Waals surface area contributed by atoms with E-state index in [1.165, 1.54) is 31.3 Å². The summed E-state index contributed by atoms with van der Waals surface area (Å²) in [4.78, 5) is 25.6. The van der Waals surface area contributed by atoms with Gasteiger partial charge in [-0.15, -0.1) is 0 Å². The zero-order valence-corrected chi connectivity index (χ0v) is 18.6. The van der Waals surface area contributed by atoms with Crippen LogP contribution in [0, 0.1) is 6.92 Å². The molecule has 0 spiro atoms. The van der Waals surface area contributed by atoms with Gasteiger partial charge in [0, 0.05) is 23.2 Å². The van der Waals surface area contributed by atoms with Crippen LogP contribution in [0.2, 0.25) is 5.02 Å². The largest absolute Gasteiger partial charge is 0.324 e. The highest BCUT2D eigenvalue weighted by molar-refractivity contribution is 7.89. The Bertz CT molecular complexity index is 1210. The van der Waals surface area contributed by atoms with Crippen molar-refractivity contribution >= 4 is 39.0 Å². The molecule has 31 heavy (non-hydrogen) atoms. The number of sulfonamides is 1. The number of ketones is 1. The first kappa shape index (κ1) is 22.7. The quantitative estimate of drug-likeness (QED) is 0.541. The maximum atomic E-state index is 12.9. The number of nitrogens with zero attached hydrogens (tertiary/aromatic N) is 1. The number of carbonyl (C=O) groups excluding carboxylic acids is 2. The van der Waals surface area contributed by atoms with Crippen LogP contribution in [0.5, 0.6) is 0 Å². The zero-order valence-electron chi connectivity index (χ0n) is 17.0. The first-order valence-corrected chi connectivity index (χ1v) is 11.2. The van der Waals surface area contributed by atoms with E-state index in [2.05, 4.69) is 5.32 Å². The molecule has 0 bridgehead atoms. The molecule has 3 rings (SSSR count). The van der Waals surface area contributed by atoms with Crippen molar-refractivity contribution in [3.63, 3.8) is 0 Å². The van der Waals surface area contributed by atoms with E-state index in [4.69, 9.17) is 11.6 Å². The standard InChI is InChI=1S/C23H21ClN2O4S/c1-16-8-11-19(12-9-16)31(29,30)26(2)15-22(27)25-21-13-10-18(24)14-20(21)23(28)17-6-4-3-5-7-17/h3-14H,15H2,1-2H3,(H,25,27). The number of aryl methyl sites for hydroxylation is 1. The van der Waals surface area contributed by atoms with Gasteiger partial charge in [-0.2, -0.15) is 4.31 Å². The topological polar surface area (TPSA) is 83.6 Å². The third-order valence-corrected chi connectivity index (χ3v) is 6.68. The summed E-state index contributed by atoms with van der Waals surface area (Å²) in [5, 5.41) is 2.97. The maximum Gasteiger partial charge on any atom is 0.243 e. The number of hydrogen-bond acceptors (Lipinski definition) is 4. The molecule has 8 heteroatoms. The van der Waals surface area contributed by atoms with Crippen molar-refractivity contribution in [1.29, 1.82) is 0 Å². The van der Waals surface area contributed by atoms with Gasteiger partial charge in [0.25, 0.3) is 0 Å². The summed E-state index contributed by atoms with van der Waals surface area (Å²) in [7, 11) is -2.51. The average molecular weight is 457 g/mol. The zero-order chi connectivity index (χ0) is 22.6. The Labute approximate surface area is 186 Å². The van der Waals surface area contributed by atoms with Gasteiger partial charge in [0.15, 0.2) is 5.78 Å². The van der Waals surface area contributed by atoms with E-state index in [1.54, 1.807) is 48.5 Å². The fourth-order valence-corrected chi connectivity index (χ4v) is 4.22. The van der Waals surface area contributed by atoms with Gasteiger partial charge in [-0.05, 0) is 37.3 Å². The Hall–Kier alpha value is -3.00. The second-order valence-electron chi connectivity index (χ2n) is 7.01. The number of anilines is 1. The number of nitrogens with one attached hydrogen (secondary N) is 1. The lowest BCUT2D eigenvalue weighted by Gasteiger charge is -2.18. The molecule has 3 aromatic carbocycles. The molecule has 0 aromatic heterocycles. The van der Waals surface area contributed by atoms with Crippen LogP contribution in [-0.4, -0.2) is 38.0 Å². The summed E-state index contributed by atoms with van der Waals surface area (Å²) in [6.07, 6.45) is 0. The molecule has 0 saturated carbocycles. The molecule has 1 N–H and O–H groups in total. The van der Waals surface area contributed by atoms with Crippen molar-refractivity contribution in [2.45, 2.75) is 11.8 Å². The molecule has 0 aliphatic heterocycles. The van der Waals surface area contributed by atoms with Crippen LogP contribution in [0.3, 0.4) is 0 Å². The lowest BCUT2D eigenvalue weighted by atomic mass is 10.0. The molecule has 160 valence electrons. The summed E-state index contributed by atoms with van der Waals surface area (Å²) in [5.74, 6) is -0.887. The molecule has 6 nitrogen and oxygen atoms in total. The molecule has 1 amide bonds.